The number of hydrogen-bond acceptors (Lipinski definition) is 5. The van der Waals surface area contributed by atoms with Crippen LogP contribution in [0, 0.1) is 0 Å². The maximum absolute atomic E-state index is 12.4. The first-order chi connectivity index (χ1) is 16.7. The molecule has 1 aliphatic heterocycles. The molecule has 0 saturated carbocycles. The molecule has 3 rings (SSSR count). The minimum Gasteiger partial charge on any atom is -0.444 e. The molecule has 0 spiro atoms. The first kappa shape index (κ1) is 26.0. The SMILES string of the molecule is CN1CCN=C(C=Cc2ccc(C(=O)NCCCCNC(=O)OC(C)(C)C)cc2)c2ccccc21. The molecule has 7 heteroatoms. The number of aliphatic imine (C=N–C) groups is 1. The summed E-state index contributed by atoms with van der Waals surface area (Å²) in [6, 6.07) is 15.8. The van der Waals surface area contributed by atoms with Crippen LogP contribution < -0.4 is 15.5 Å². The van der Waals surface area contributed by atoms with E-state index in [1.165, 1.54) is 5.69 Å². The fourth-order valence-electron chi connectivity index (χ4n) is 3.67. The van der Waals surface area contributed by atoms with E-state index in [0.29, 0.717) is 18.7 Å². The van der Waals surface area contributed by atoms with Gasteiger partial charge >= 0.3 is 6.09 Å². The van der Waals surface area contributed by atoms with E-state index < -0.39 is 11.7 Å². The van der Waals surface area contributed by atoms with Gasteiger partial charge in [-0.2, -0.15) is 0 Å². The van der Waals surface area contributed by atoms with Crippen LogP contribution in [0.5, 0.6) is 0 Å². The second-order valence-corrected chi connectivity index (χ2v) is 9.55. The number of benzodiazepines with no additional fused rings is 1. The van der Waals surface area contributed by atoms with Crippen molar-refractivity contribution in [2.75, 3.05) is 38.1 Å². The monoisotopic (exact) mass is 476 g/mol. The Hall–Kier alpha value is -3.61. The lowest BCUT2D eigenvalue weighted by atomic mass is 10.0. The number of likely N-dealkylation sites (N-methyl/N-ethyl adjacent to an activating group) is 1. The lowest BCUT2D eigenvalue weighted by Crippen LogP contribution is -2.33. The predicted molar refractivity (Wildman–Crippen MR) is 142 cm³/mol. The molecule has 186 valence electrons. The van der Waals surface area contributed by atoms with E-state index in [1.807, 2.05) is 69.3 Å². The summed E-state index contributed by atoms with van der Waals surface area (Å²) in [5.74, 6) is -0.106. The van der Waals surface area contributed by atoms with Crippen LogP contribution in [0.25, 0.3) is 6.08 Å². The number of amides is 2. The minimum absolute atomic E-state index is 0.106. The molecule has 2 N–H and O–H groups in total. The summed E-state index contributed by atoms with van der Waals surface area (Å²) in [7, 11) is 2.09. The second-order valence-electron chi connectivity index (χ2n) is 9.55. The lowest BCUT2D eigenvalue weighted by molar-refractivity contribution is 0.0526. The van der Waals surface area contributed by atoms with E-state index in [9.17, 15) is 9.59 Å². The third kappa shape index (κ3) is 8.28. The molecular formula is C28H36N4O3. The van der Waals surface area contributed by atoms with Gasteiger partial charge in [-0.25, -0.2) is 4.79 Å². The highest BCUT2D eigenvalue weighted by atomic mass is 16.6. The molecule has 1 heterocycles. The summed E-state index contributed by atoms with van der Waals surface area (Å²) < 4.78 is 5.19. The van der Waals surface area contributed by atoms with Crippen LogP contribution >= 0.6 is 0 Å². The predicted octanol–water partition coefficient (Wildman–Crippen LogP) is 4.67. The number of nitrogens with zero attached hydrogens (tertiary/aromatic N) is 2. The Balaban J connectivity index is 1.45. The van der Waals surface area contributed by atoms with Crippen LogP contribution in [0.4, 0.5) is 10.5 Å². The van der Waals surface area contributed by atoms with Crippen molar-refractivity contribution in [2.45, 2.75) is 39.2 Å². The smallest absolute Gasteiger partial charge is 0.407 e. The molecule has 0 aliphatic carbocycles. The molecule has 0 saturated heterocycles. The van der Waals surface area contributed by atoms with E-state index >= 15 is 0 Å². The van der Waals surface area contributed by atoms with Gasteiger partial charge in [-0.3, -0.25) is 9.79 Å². The van der Waals surface area contributed by atoms with Crippen molar-refractivity contribution in [3.8, 4) is 0 Å². The summed E-state index contributed by atoms with van der Waals surface area (Å²) in [5.41, 5.74) is 4.39. The number of alkyl carbamates (subject to hydrolysis) is 1. The zero-order valence-electron chi connectivity index (χ0n) is 21.1. The molecule has 2 amide bonds. The van der Waals surface area contributed by atoms with E-state index in [1.54, 1.807) is 0 Å². The van der Waals surface area contributed by atoms with Gasteiger partial charge in [0.25, 0.3) is 5.91 Å². The highest BCUT2D eigenvalue weighted by Crippen LogP contribution is 2.23. The maximum atomic E-state index is 12.4. The number of anilines is 1. The number of allylic oxidation sites excluding steroid dienone is 1. The molecule has 0 atom stereocenters. The number of unbranched alkanes of at least 4 members (excludes halogenated alkanes) is 1. The fraction of sp³-hybridized carbons (Fsp3) is 0.393. The zero-order valence-corrected chi connectivity index (χ0v) is 21.1. The first-order valence-corrected chi connectivity index (χ1v) is 12.1. The average molecular weight is 477 g/mol. The van der Waals surface area contributed by atoms with Crippen LogP contribution in [0.3, 0.4) is 0 Å². The Morgan fingerprint density at radius 3 is 2.40 bits per heavy atom. The molecule has 1 aliphatic rings. The van der Waals surface area contributed by atoms with Gasteiger partial charge in [0.2, 0.25) is 0 Å². The van der Waals surface area contributed by atoms with E-state index in [0.717, 1.165) is 42.8 Å². The summed E-state index contributed by atoms with van der Waals surface area (Å²) in [4.78, 5) is 31.0. The van der Waals surface area contributed by atoms with Crippen molar-refractivity contribution in [1.82, 2.24) is 10.6 Å². The Morgan fingerprint density at radius 1 is 1.00 bits per heavy atom. The third-order valence-electron chi connectivity index (χ3n) is 5.47. The summed E-state index contributed by atoms with van der Waals surface area (Å²) >= 11 is 0. The van der Waals surface area contributed by atoms with E-state index in [4.69, 9.17) is 9.73 Å². The van der Waals surface area contributed by atoms with Gasteiger partial charge < -0.3 is 20.3 Å². The van der Waals surface area contributed by atoms with Gasteiger partial charge in [-0.15, -0.1) is 0 Å². The maximum Gasteiger partial charge on any atom is 0.407 e. The number of rotatable bonds is 8. The standard InChI is InChI=1S/C28H36N4O3/c1-28(2,3)35-27(34)31-18-8-7-17-30-26(33)22-14-11-21(12-15-22)13-16-24-23-9-5-6-10-25(23)32(4)20-19-29-24/h5-6,9-16H,7-8,17-20H2,1-4H3,(H,30,33)(H,31,34). The number of para-hydroxylation sites is 1. The van der Waals surface area contributed by atoms with E-state index in [2.05, 4.69) is 34.7 Å². The van der Waals surface area contributed by atoms with Crippen molar-refractivity contribution in [3.63, 3.8) is 0 Å². The zero-order chi connectivity index (χ0) is 25.3. The Morgan fingerprint density at radius 2 is 1.69 bits per heavy atom. The molecule has 2 aromatic rings. The normalized spacial score (nSPS) is 13.6. The Labute approximate surface area is 208 Å². The fourth-order valence-corrected chi connectivity index (χ4v) is 3.67. The molecule has 0 radical (unpaired) electrons. The van der Waals surface area contributed by atoms with Crippen LogP contribution in [0.1, 0.15) is 55.1 Å². The quantitative estimate of drug-likeness (QED) is 0.542. The van der Waals surface area contributed by atoms with Gasteiger partial charge in [-0.05, 0) is 63.5 Å². The van der Waals surface area contributed by atoms with Crippen molar-refractivity contribution in [2.24, 2.45) is 4.99 Å². The van der Waals surface area contributed by atoms with Gasteiger partial charge in [0.05, 0.1) is 12.3 Å². The van der Waals surface area contributed by atoms with Crippen LogP contribution in [0.15, 0.2) is 59.6 Å². The Bertz CT molecular complexity index is 1070. The van der Waals surface area contributed by atoms with Crippen molar-refractivity contribution in [3.05, 3.63) is 71.3 Å². The number of carbonyl (C=O) groups is 2. The second kappa shape index (κ2) is 12.2. The van der Waals surface area contributed by atoms with Gasteiger partial charge in [0.15, 0.2) is 0 Å². The van der Waals surface area contributed by atoms with E-state index in [-0.39, 0.29) is 5.91 Å². The highest BCUT2D eigenvalue weighted by molar-refractivity contribution is 6.14. The van der Waals surface area contributed by atoms with Gasteiger partial charge in [0.1, 0.15) is 5.60 Å². The van der Waals surface area contributed by atoms with Crippen molar-refractivity contribution in [1.29, 1.82) is 0 Å². The van der Waals surface area contributed by atoms with Crippen molar-refractivity contribution >= 4 is 29.5 Å². The molecular weight excluding hydrogens is 440 g/mol. The molecule has 35 heavy (non-hydrogen) atoms. The highest BCUT2D eigenvalue weighted by Gasteiger charge is 2.15. The molecule has 7 nitrogen and oxygen atoms in total. The number of benzene rings is 2. The average Bonchev–Trinajstić information content (AvgIpc) is 2.98. The van der Waals surface area contributed by atoms with Crippen molar-refractivity contribution < 1.29 is 14.3 Å². The molecule has 2 aromatic carbocycles. The number of fused-ring (bicyclic) bond motifs is 1. The largest absolute Gasteiger partial charge is 0.444 e. The first-order valence-electron chi connectivity index (χ1n) is 12.1. The number of carbonyl (C=O) groups excluding carboxylic acids is 2. The van der Waals surface area contributed by atoms with Gasteiger partial charge in [-0.1, -0.05) is 36.4 Å². The molecule has 0 bridgehead atoms. The Kier molecular flexibility index (Phi) is 9.06. The number of nitrogens with one attached hydrogen (secondary N) is 2. The van der Waals surface area contributed by atoms with Gasteiger partial charge in [0, 0.05) is 43.5 Å². The minimum atomic E-state index is -0.505. The molecule has 0 unspecified atom stereocenters. The number of ether oxygens (including phenoxy) is 1. The summed E-state index contributed by atoms with van der Waals surface area (Å²) in [6.45, 7) is 8.18. The van der Waals surface area contributed by atoms with Crippen LogP contribution in [0.2, 0.25) is 0 Å². The summed E-state index contributed by atoms with van der Waals surface area (Å²) in [5, 5.41) is 5.65. The lowest BCUT2D eigenvalue weighted by Gasteiger charge is -2.19. The number of hydrogen-bond donors (Lipinski definition) is 2. The van der Waals surface area contributed by atoms with Crippen LogP contribution in [-0.4, -0.2) is 56.5 Å². The molecule has 0 aromatic heterocycles. The summed E-state index contributed by atoms with van der Waals surface area (Å²) in [6.07, 6.45) is 5.17. The third-order valence-corrected chi connectivity index (χ3v) is 5.47. The van der Waals surface area contributed by atoms with Crippen LogP contribution in [-0.2, 0) is 4.74 Å². The molecule has 0 fully saturated rings. The topological polar surface area (TPSA) is 83.0 Å².